The number of carbonyl (C=O) groups is 1. The highest BCUT2D eigenvalue weighted by Gasteiger charge is 2.11. The van der Waals surface area contributed by atoms with Crippen molar-refractivity contribution in [2.45, 2.75) is 26.8 Å². The number of aromatic nitrogens is 3. The van der Waals surface area contributed by atoms with Crippen LogP contribution in [0.2, 0.25) is 0 Å². The third kappa shape index (κ3) is 2.80. The molecule has 1 aromatic heterocycles. The van der Waals surface area contributed by atoms with E-state index in [2.05, 4.69) is 10.1 Å². The summed E-state index contributed by atoms with van der Waals surface area (Å²) in [5.74, 6) is 0.881. The summed E-state index contributed by atoms with van der Waals surface area (Å²) in [6.45, 7) is 3.68. The Morgan fingerprint density at radius 2 is 2.06 bits per heavy atom. The van der Waals surface area contributed by atoms with E-state index in [0.29, 0.717) is 17.2 Å². The molecule has 0 aliphatic heterocycles. The van der Waals surface area contributed by atoms with E-state index >= 15 is 0 Å². The van der Waals surface area contributed by atoms with E-state index in [-0.39, 0.29) is 24.6 Å². The van der Waals surface area contributed by atoms with Gasteiger partial charge in [0.15, 0.2) is 5.78 Å². The molecule has 0 aliphatic carbocycles. The van der Waals surface area contributed by atoms with Crippen LogP contribution in [0.3, 0.4) is 0 Å². The fraction of sp³-hybridized carbons (Fsp3) is 0.308. The fourth-order valence-electron chi connectivity index (χ4n) is 1.79. The van der Waals surface area contributed by atoms with Crippen LogP contribution in [0, 0.1) is 19.7 Å². The maximum atomic E-state index is 13.4. The highest BCUT2D eigenvalue weighted by molar-refractivity contribution is 5.80. The molecule has 1 aromatic carbocycles. The maximum absolute atomic E-state index is 13.4. The summed E-state index contributed by atoms with van der Waals surface area (Å²) in [4.78, 5) is 16.0. The summed E-state index contributed by atoms with van der Waals surface area (Å²) >= 11 is 0. The van der Waals surface area contributed by atoms with Gasteiger partial charge in [0.25, 0.3) is 0 Å². The molecule has 2 aromatic rings. The van der Waals surface area contributed by atoms with Gasteiger partial charge < -0.3 is 0 Å². The first-order valence-corrected chi connectivity index (χ1v) is 5.69. The quantitative estimate of drug-likeness (QED) is 0.828. The summed E-state index contributed by atoms with van der Waals surface area (Å²) in [5, 5.41) is 4.11. The van der Waals surface area contributed by atoms with E-state index in [1.165, 1.54) is 6.07 Å². The Hall–Kier alpha value is -2.04. The zero-order valence-corrected chi connectivity index (χ0v) is 10.4. The van der Waals surface area contributed by atoms with E-state index < -0.39 is 0 Å². The third-order valence-corrected chi connectivity index (χ3v) is 2.63. The summed E-state index contributed by atoms with van der Waals surface area (Å²) in [6, 6.07) is 6.30. The molecule has 18 heavy (non-hydrogen) atoms. The van der Waals surface area contributed by atoms with Gasteiger partial charge in [-0.05, 0) is 25.5 Å². The lowest BCUT2D eigenvalue weighted by Gasteiger charge is -2.04. The predicted molar refractivity (Wildman–Crippen MR) is 64.6 cm³/mol. The van der Waals surface area contributed by atoms with Gasteiger partial charge in [-0.15, -0.1) is 0 Å². The lowest BCUT2D eigenvalue weighted by molar-refractivity contribution is -0.119. The summed E-state index contributed by atoms with van der Waals surface area (Å²) in [5.41, 5.74) is 0.414. The van der Waals surface area contributed by atoms with Crippen LogP contribution in [-0.2, 0) is 17.8 Å². The second kappa shape index (κ2) is 5.08. The minimum absolute atomic E-state index is 0.0744. The van der Waals surface area contributed by atoms with E-state index in [9.17, 15) is 9.18 Å². The molecule has 1 heterocycles. The van der Waals surface area contributed by atoms with Gasteiger partial charge in [-0.25, -0.2) is 14.1 Å². The molecule has 0 aliphatic rings. The smallest absolute Gasteiger partial charge is 0.158 e. The Bertz CT molecular complexity index is 577. The number of Topliss-reactive ketones (excluding diaryl/α,β-unsaturated/α-hetero) is 1. The van der Waals surface area contributed by atoms with Gasteiger partial charge in [-0.3, -0.25) is 4.79 Å². The second-order valence-electron chi connectivity index (χ2n) is 4.17. The summed E-state index contributed by atoms with van der Waals surface area (Å²) in [7, 11) is 0. The van der Waals surface area contributed by atoms with Crippen molar-refractivity contribution < 1.29 is 9.18 Å². The average Bonchev–Trinajstić information content (AvgIpc) is 2.61. The number of carbonyl (C=O) groups excluding carboxylic acids is 1. The topological polar surface area (TPSA) is 47.8 Å². The van der Waals surface area contributed by atoms with Crippen molar-refractivity contribution in [2.75, 3.05) is 0 Å². The van der Waals surface area contributed by atoms with E-state index in [4.69, 9.17) is 0 Å². The van der Waals surface area contributed by atoms with Crippen LogP contribution in [0.4, 0.5) is 4.39 Å². The Morgan fingerprint density at radius 3 is 2.67 bits per heavy atom. The molecule has 0 saturated carbocycles. The van der Waals surface area contributed by atoms with E-state index in [1.807, 2.05) is 0 Å². The van der Waals surface area contributed by atoms with Crippen LogP contribution < -0.4 is 0 Å². The second-order valence-corrected chi connectivity index (χ2v) is 4.17. The largest absolute Gasteiger partial charge is 0.297 e. The first-order valence-electron chi connectivity index (χ1n) is 5.69. The van der Waals surface area contributed by atoms with Crippen molar-refractivity contribution in [1.82, 2.24) is 14.8 Å². The monoisotopic (exact) mass is 247 g/mol. The van der Waals surface area contributed by atoms with Crippen molar-refractivity contribution >= 4 is 5.78 Å². The predicted octanol–water partition coefficient (Wildman–Crippen LogP) is 1.85. The minimum Gasteiger partial charge on any atom is -0.297 e. The van der Waals surface area contributed by atoms with Gasteiger partial charge in [-0.1, -0.05) is 18.2 Å². The number of nitrogens with zero attached hydrogens (tertiary/aromatic N) is 3. The molecule has 0 unspecified atom stereocenters. The molecule has 4 nitrogen and oxygen atoms in total. The lowest BCUT2D eigenvalue weighted by atomic mass is 10.1. The number of hydrogen-bond donors (Lipinski definition) is 0. The van der Waals surface area contributed by atoms with E-state index in [0.717, 1.165) is 0 Å². The van der Waals surface area contributed by atoms with Crippen LogP contribution in [-0.4, -0.2) is 20.5 Å². The minimum atomic E-state index is -0.350. The van der Waals surface area contributed by atoms with Crippen molar-refractivity contribution in [1.29, 1.82) is 0 Å². The molecule has 0 spiro atoms. The molecular weight excluding hydrogens is 233 g/mol. The van der Waals surface area contributed by atoms with Crippen molar-refractivity contribution in [2.24, 2.45) is 0 Å². The molecule has 2 rings (SSSR count). The van der Waals surface area contributed by atoms with Crippen LogP contribution >= 0.6 is 0 Å². The number of benzene rings is 1. The SMILES string of the molecule is Cc1nc(C)n(CC(=O)Cc2ccccc2F)n1. The zero-order chi connectivity index (χ0) is 13.1. The van der Waals surface area contributed by atoms with Gasteiger partial charge in [0.05, 0.1) is 0 Å². The molecular formula is C13H14FN3O. The van der Waals surface area contributed by atoms with Crippen LogP contribution in [0.25, 0.3) is 0 Å². The first-order chi connectivity index (χ1) is 8.56. The maximum Gasteiger partial charge on any atom is 0.158 e. The summed E-state index contributed by atoms with van der Waals surface area (Å²) in [6.07, 6.45) is 0.0744. The molecule has 94 valence electrons. The van der Waals surface area contributed by atoms with Gasteiger partial charge in [0.1, 0.15) is 24.0 Å². The molecule has 0 radical (unpaired) electrons. The van der Waals surface area contributed by atoms with E-state index in [1.54, 1.807) is 36.7 Å². The Morgan fingerprint density at radius 1 is 1.33 bits per heavy atom. The highest BCUT2D eigenvalue weighted by atomic mass is 19.1. The molecule has 0 bridgehead atoms. The molecule has 0 atom stereocenters. The van der Waals surface area contributed by atoms with Crippen LogP contribution in [0.1, 0.15) is 17.2 Å². The Labute approximate surface area is 104 Å². The molecule has 0 fully saturated rings. The number of ketones is 1. The van der Waals surface area contributed by atoms with Gasteiger partial charge in [0, 0.05) is 6.42 Å². The Balaban J connectivity index is 2.06. The van der Waals surface area contributed by atoms with Gasteiger partial charge in [0.2, 0.25) is 0 Å². The standard InChI is InChI=1S/C13H14FN3O/c1-9-15-10(2)17(16-9)8-12(18)7-11-5-3-4-6-13(11)14/h3-6H,7-8H2,1-2H3. The average molecular weight is 247 g/mol. The third-order valence-electron chi connectivity index (χ3n) is 2.63. The number of hydrogen-bond acceptors (Lipinski definition) is 3. The number of aryl methyl sites for hydroxylation is 2. The number of rotatable bonds is 4. The van der Waals surface area contributed by atoms with Gasteiger partial charge >= 0.3 is 0 Å². The zero-order valence-electron chi connectivity index (χ0n) is 10.4. The normalized spacial score (nSPS) is 10.6. The lowest BCUT2D eigenvalue weighted by Crippen LogP contribution is -2.15. The molecule has 0 saturated heterocycles. The van der Waals surface area contributed by atoms with Crippen molar-refractivity contribution in [3.05, 3.63) is 47.3 Å². The Kier molecular flexibility index (Phi) is 3.50. The van der Waals surface area contributed by atoms with Crippen LogP contribution in [0.15, 0.2) is 24.3 Å². The molecule has 5 heteroatoms. The summed E-state index contributed by atoms with van der Waals surface area (Å²) < 4.78 is 14.9. The van der Waals surface area contributed by atoms with Crippen LogP contribution in [0.5, 0.6) is 0 Å². The van der Waals surface area contributed by atoms with Crippen molar-refractivity contribution in [3.8, 4) is 0 Å². The first kappa shape index (κ1) is 12.4. The fourth-order valence-corrected chi connectivity index (χ4v) is 1.79. The molecule has 0 amide bonds. The van der Waals surface area contributed by atoms with Crippen molar-refractivity contribution in [3.63, 3.8) is 0 Å². The number of halogens is 1. The molecule has 0 N–H and O–H groups in total. The highest BCUT2D eigenvalue weighted by Crippen LogP contribution is 2.08. The van der Waals surface area contributed by atoms with Gasteiger partial charge in [-0.2, -0.15) is 5.10 Å².